The van der Waals surface area contributed by atoms with E-state index >= 15 is 0 Å². The minimum atomic E-state index is -1.41. The van der Waals surface area contributed by atoms with Crippen LogP contribution in [0.2, 0.25) is 0 Å². The second-order valence-corrected chi connectivity index (χ2v) is 11.4. The molecule has 3 unspecified atom stereocenters. The Morgan fingerprint density at radius 1 is 0.970 bits per heavy atom. The van der Waals surface area contributed by atoms with E-state index in [2.05, 4.69) is 16.8 Å². The molecule has 0 amide bonds. The summed E-state index contributed by atoms with van der Waals surface area (Å²) >= 11 is 0. The number of hydrogen-bond donors (Lipinski definition) is 4. The van der Waals surface area contributed by atoms with Crippen molar-refractivity contribution in [2.75, 3.05) is 0 Å². The topological polar surface area (TPSA) is 157 Å². The van der Waals surface area contributed by atoms with Crippen molar-refractivity contribution in [1.29, 1.82) is 0 Å². The Kier molecular flexibility index (Phi) is 7.48. The van der Waals surface area contributed by atoms with Crippen molar-refractivity contribution in [2.24, 2.45) is 33.4 Å². The molecule has 4 fully saturated rings. The minimum Gasteiger partial charge on any atom is -0.479 e. The van der Waals surface area contributed by atoms with Crippen LogP contribution >= 0.6 is 0 Å². The van der Waals surface area contributed by atoms with E-state index in [9.17, 15) is 19.5 Å². The molecule has 9 heteroatoms. The number of hydrogen-bond acceptors (Lipinski definition) is 6. The van der Waals surface area contributed by atoms with Crippen molar-refractivity contribution in [3.8, 4) is 0 Å². The van der Waals surface area contributed by atoms with Gasteiger partial charge >= 0.3 is 17.9 Å². The molecule has 4 saturated carbocycles. The summed E-state index contributed by atoms with van der Waals surface area (Å²) in [7, 11) is 0. The van der Waals surface area contributed by atoms with E-state index in [1.165, 1.54) is 27.2 Å². The molecule has 4 bridgehead atoms. The summed E-state index contributed by atoms with van der Waals surface area (Å²) in [6.07, 6.45) is 6.66. The van der Waals surface area contributed by atoms with Crippen molar-refractivity contribution >= 4 is 17.9 Å². The van der Waals surface area contributed by atoms with E-state index in [1.807, 2.05) is 0 Å². The second kappa shape index (κ2) is 9.16. The fourth-order valence-corrected chi connectivity index (χ4v) is 5.81. The number of carboxylic acids is 3. The average Bonchev–Trinajstić information content (AvgIpc) is 2.63. The number of carbonyl (C=O) groups is 3. The second-order valence-electron chi connectivity index (χ2n) is 11.4. The maximum atomic E-state index is 11.0. The third kappa shape index (κ3) is 5.99. The fourth-order valence-electron chi connectivity index (χ4n) is 5.81. The summed E-state index contributed by atoms with van der Waals surface area (Å²) in [6.45, 7) is 11.2. The first-order valence-corrected chi connectivity index (χ1v) is 11.5. The highest BCUT2D eigenvalue weighted by Crippen LogP contribution is 2.63. The molecule has 0 heterocycles. The predicted octanol–water partition coefficient (Wildman–Crippen LogP) is 4.15. The molecule has 9 nitrogen and oxygen atoms in total. The number of aliphatic hydroxyl groups is 1. The lowest BCUT2D eigenvalue weighted by molar-refractivity contribution is -0.164. The normalized spacial score (nSPS) is 32.2. The Labute approximate surface area is 195 Å². The van der Waals surface area contributed by atoms with Gasteiger partial charge in [0.2, 0.25) is 0 Å². The summed E-state index contributed by atoms with van der Waals surface area (Å²) in [5, 5.41) is 44.7. The Morgan fingerprint density at radius 3 is 1.85 bits per heavy atom. The molecule has 0 spiro atoms. The van der Waals surface area contributed by atoms with E-state index in [0.717, 1.165) is 32.1 Å². The van der Waals surface area contributed by atoms with Gasteiger partial charge in [-0.2, -0.15) is 10.2 Å². The Bertz CT molecular complexity index is 834. The molecule has 0 aromatic rings. The van der Waals surface area contributed by atoms with Gasteiger partial charge in [0.05, 0.1) is 5.60 Å². The molecule has 0 saturated heterocycles. The zero-order valence-corrected chi connectivity index (χ0v) is 20.3. The average molecular weight is 467 g/mol. The molecule has 0 radical (unpaired) electrons. The van der Waals surface area contributed by atoms with Gasteiger partial charge in [-0.3, -0.25) is 0 Å². The molecule has 4 aliphatic carbocycles. The molecular weight excluding hydrogens is 428 g/mol. The van der Waals surface area contributed by atoms with Crippen LogP contribution in [0.3, 0.4) is 0 Å². The van der Waals surface area contributed by atoms with Crippen LogP contribution < -0.4 is 0 Å². The fraction of sp³-hybridized carbons (Fsp3) is 0.792. The highest BCUT2D eigenvalue weighted by atomic mass is 16.4. The van der Waals surface area contributed by atoms with Crippen LogP contribution in [0.15, 0.2) is 22.4 Å². The van der Waals surface area contributed by atoms with Crippen LogP contribution in [-0.2, 0) is 14.4 Å². The summed E-state index contributed by atoms with van der Waals surface area (Å²) in [5.41, 5.74) is -2.95. The van der Waals surface area contributed by atoms with Crippen LogP contribution in [-0.4, -0.2) is 55.0 Å². The lowest BCUT2D eigenvalue weighted by Gasteiger charge is -2.60. The van der Waals surface area contributed by atoms with Gasteiger partial charge in [0.25, 0.3) is 0 Å². The van der Waals surface area contributed by atoms with Crippen molar-refractivity contribution in [3.63, 3.8) is 0 Å². The predicted molar refractivity (Wildman–Crippen MR) is 121 cm³/mol. The number of nitrogens with zero attached hydrogens (tertiary/aromatic N) is 2. The maximum absolute atomic E-state index is 11.0. The molecule has 4 aliphatic rings. The zero-order chi connectivity index (χ0) is 25.4. The van der Waals surface area contributed by atoms with Crippen molar-refractivity contribution in [3.05, 3.63) is 12.2 Å². The Balaban J connectivity index is 0.000000235. The van der Waals surface area contributed by atoms with E-state index in [4.69, 9.17) is 15.3 Å². The molecule has 3 atom stereocenters. The summed E-state index contributed by atoms with van der Waals surface area (Å²) < 4.78 is 0. The number of azo groups is 1. The van der Waals surface area contributed by atoms with Crippen LogP contribution in [0, 0.1) is 23.2 Å². The lowest BCUT2D eigenvalue weighted by atomic mass is 9.47. The number of aliphatic carboxylic acids is 3. The number of carboxylic acid groups (broad SMARTS) is 3. The highest BCUT2D eigenvalue weighted by molar-refractivity contribution is 5.85. The van der Waals surface area contributed by atoms with Crippen LogP contribution in [0.4, 0.5) is 0 Å². The van der Waals surface area contributed by atoms with Gasteiger partial charge in [-0.1, -0.05) is 20.4 Å². The van der Waals surface area contributed by atoms with Crippen molar-refractivity contribution in [2.45, 2.75) is 96.2 Å². The van der Waals surface area contributed by atoms with Gasteiger partial charge in [-0.25, -0.2) is 14.4 Å². The molecule has 4 rings (SSSR count). The van der Waals surface area contributed by atoms with Gasteiger partial charge in [-0.15, -0.1) is 0 Å². The molecular formula is C24H38N2O7. The summed E-state index contributed by atoms with van der Waals surface area (Å²) in [4.78, 5) is 32.8. The monoisotopic (exact) mass is 466 g/mol. The van der Waals surface area contributed by atoms with Crippen molar-refractivity contribution in [1.82, 2.24) is 0 Å². The van der Waals surface area contributed by atoms with Gasteiger partial charge in [0, 0.05) is 5.57 Å². The van der Waals surface area contributed by atoms with Gasteiger partial charge in [0.1, 0.15) is 0 Å². The smallest absolute Gasteiger partial charge is 0.333 e. The van der Waals surface area contributed by atoms with E-state index in [1.54, 1.807) is 13.8 Å². The quantitative estimate of drug-likeness (QED) is 0.309. The van der Waals surface area contributed by atoms with Gasteiger partial charge in [0.15, 0.2) is 11.1 Å². The molecule has 4 N–H and O–H groups in total. The highest BCUT2D eigenvalue weighted by Gasteiger charge is 2.57. The SMILES string of the molecule is C=C(CC12CC3CC(CC(O)(C3)C1)C2)C(=O)O.CC(C)C(C)(N=NC(C)(C)C(=O)O)C(=O)O. The summed E-state index contributed by atoms with van der Waals surface area (Å²) in [6, 6.07) is 0. The first-order valence-electron chi connectivity index (χ1n) is 11.5. The maximum Gasteiger partial charge on any atom is 0.333 e. The molecule has 0 aromatic heterocycles. The van der Waals surface area contributed by atoms with Crippen LogP contribution in [0.5, 0.6) is 0 Å². The third-order valence-electron chi connectivity index (χ3n) is 7.63. The van der Waals surface area contributed by atoms with Gasteiger partial charge in [-0.05, 0) is 88.9 Å². The Hall–Kier alpha value is -2.29. The zero-order valence-electron chi connectivity index (χ0n) is 20.3. The molecule has 0 aromatic carbocycles. The van der Waals surface area contributed by atoms with E-state index in [-0.39, 0.29) is 11.3 Å². The number of rotatable bonds is 8. The van der Waals surface area contributed by atoms with Gasteiger partial charge < -0.3 is 20.4 Å². The van der Waals surface area contributed by atoms with E-state index in [0.29, 0.717) is 23.8 Å². The minimum absolute atomic E-state index is 0.0360. The Morgan fingerprint density at radius 2 is 1.48 bits per heavy atom. The molecule has 0 aliphatic heterocycles. The molecule has 33 heavy (non-hydrogen) atoms. The standard InChI is InChI=1S/C14H20O3.C10H18N2O4/c1-9(12(15)16)3-13-4-10-2-11(5-13)7-14(17,6-10)8-13;1-6(2)10(5,8(15)16)12-11-9(3,4)7(13)14/h10-11,17H,1-8H2,(H,15,16);6H,1-5H3,(H,13,14)(H,15,16). The van der Waals surface area contributed by atoms with Crippen molar-refractivity contribution < 1.29 is 34.8 Å². The third-order valence-corrected chi connectivity index (χ3v) is 7.63. The molecule has 186 valence electrons. The van der Waals surface area contributed by atoms with E-state index < -0.39 is 34.6 Å². The van der Waals surface area contributed by atoms with Crippen LogP contribution in [0.1, 0.15) is 79.6 Å². The first kappa shape index (κ1) is 27.0. The summed E-state index contributed by atoms with van der Waals surface area (Å²) in [5.74, 6) is -2.20. The first-order chi connectivity index (χ1) is 14.9. The largest absolute Gasteiger partial charge is 0.479 e. The van der Waals surface area contributed by atoms with Crippen LogP contribution in [0.25, 0.3) is 0 Å². The lowest BCUT2D eigenvalue weighted by Crippen LogP contribution is -2.55.